The topological polar surface area (TPSA) is 24.7 Å². The van der Waals surface area contributed by atoms with E-state index in [1.807, 2.05) is 31.5 Å². The summed E-state index contributed by atoms with van der Waals surface area (Å²) in [5.41, 5.74) is 6.82. The quantitative estimate of drug-likeness (QED) is 0.584. The maximum atomic E-state index is 4.58. The Morgan fingerprint density at radius 1 is 0.840 bits per heavy atom. The van der Waals surface area contributed by atoms with Gasteiger partial charge in [0.1, 0.15) is 0 Å². The molecule has 0 saturated heterocycles. The Balaban J connectivity index is 1.76. The van der Waals surface area contributed by atoms with Gasteiger partial charge in [0.05, 0.1) is 12.3 Å². The summed E-state index contributed by atoms with van der Waals surface area (Å²) in [7, 11) is 1.84. The van der Waals surface area contributed by atoms with Crippen molar-refractivity contribution in [2.45, 2.75) is 13.5 Å². The molecule has 0 fully saturated rings. The van der Waals surface area contributed by atoms with Crippen LogP contribution >= 0.6 is 0 Å². The van der Waals surface area contributed by atoms with Gasteiger partial charge in [-0.1, -0.05) is 78.4 Å². The van der Waals surface area contributed by atoms with Crippen LogP contribution in [0, 0.1) is 6.92 Å². The molecule has 0 aliphatic carbocycles. The monoisotopic (exact) mass is 326 g/mol. The molecule has 25 heavy (non-hydrogen) atoms. The first-order valence-electron chi connectivity index (χ1n) is 8.44. The molecule has 0 spiro atoms. The highest BCUT2D eigenvalue weighted by Gasteiger charge is 2.06. The molecule has 0 aliphatic rings. The molecule has 3 aromatic carbocycles. The molecule has 3 aromatic rings. The molecule has 0 radical (unpaired) electrons. The molecular weight excluding hydrogens is 304 g/mol. The van der Waals surface area contributed by atoms with Gasteiger partial charge >= 0.3 is 0 Å². The van der Waals surface area contributed by atoms with E-state index in [0.717, 1.165) is 22.4 Å². The summed E-state index contributed by atoms with van der Waals surface area (Å²) in [5.74, 6) is 0. The van der Waals surface area contributed by atoms with Crippen molar-refractivity contribution < 1.29 is 0 Å². The third-order valence-corrected chi connectivity index (χ3v) is 4.06. The molecular formula is C23H22N2. The number of aryl methyl sites for hydroxylation is 1. The zero-order valence-corrected chi connectivity index (χ0v) is 14.7. The van der Waals surface area contributed by atoms with E-state index in [1.165, 1.54) is 11.1 Å². The van der Waals surface area contributed by atoms with Crippen LogP contribution in [0.2, 0.25) is 0 Å². The molecule has 3 rings (SSSR count). The Morgan fingerprint density at radius 3 is 2.28 bits per heavy atom. The molecule has 0 amide bonds. The van der Waals surface area contributed by atoms with E-state index in [-0.39, 0.29) is 0 Å². The summed E-state index contributed by atoms with van der Waals surface area (Å²) in [6.45, 7) is 2.75. The van der Waals surface area contributed by atoms with Crippen molar-refractivity contribution in [3.63, 3.8) is 0 Å². The van der Waals surface area contributed by atoms with Crippen molar-refractivity contribution >= 4 is 11.9 Å². The summed E-state index contributed by atoms with van der Waals surface area (Å²) >= 11 is 0. The summed E-state index contributed by atoms with van der Waals surface area (Å²) in [4.78, 5) is 9.06. The minimum atomic E-state index is 0.660. The number of hydrogen-bond donors (Lipinski definition) is 0. The molecule has 0 aliphatic heterocycles. The molecule has 2 heteroatoms. The second-order valence-electron chi connectivity index (χ2n) is 6.02. The van der Waals surface area contributed by atoms with Crippen molar-refractivity contribution in [1.82, 2.24) is 0 Å². The highest BCUT2D eigenvalue weighted by Crippen LogP contribution is 2.13. The van der Waals surface area contributed by atoms with Crippen LogP contribution in [-0.2, 0) is 6.54 Å². The van der Waals surface area contributed by atoms with E-state index >= 15 is 0 Å². The fourth-order valence-corrected chi connectivity index (χ4v) is 2.75. The fourth-order valence-electron chi connectivity index (χ4n) is 2.75. The summed E-state index contributed by atoms with van der Waals surface area (Å²) in [6.07, 6.45) is 1.93. The Hall–Kier alpha value is -3.00. The average Bonchev–Trinajstić information content (AvgIpc) is 2.65. The maximum Gasteiger partial charge on any atom is 0.0715 e. The van der Waals surface area contributed by atoms with Gasteiger partial charge in [-0.2, -0.15) is 0 Å². The first kappa shape index (κ1) is 16.8. The maximum absolute atomic E-state index is 4.58. The van der Waals surface area contributed by atoms with Gasteiger partial charge in [-0.15, -0.1) is 0 Å². The van der Waals surface area contributed by atoms with E-state index in [1.54, 1.807) is 0 Å². The van der Waals surface area contributed by atoms with Gasteiger partial charge in [0.15, 0.2) is 0 Å². The molecule has 0 bridgehead atoms. The van der Waals surface area contributed by atoms with E-state index in [2.05, 4.69) is 77.6 Å². The molecule has 124 valence electrons. The summed E-state index contributed by atoms with van der Waals surface area (Å²) in [6, 6.07) is 27.1. The van der Waals surface area contributed by atoms with Crippen molar-refractivity contribution in [1.29, 1.82) is 0 Å². The standard InChI is InChI=1S/C23H22N2/c1-18-11-13-19(14-12-18)16-25-17-20-7-6-10-22(15-20)23(24-2)21-8-4-3-5-9-21/h3-16H,17H2,1-2H3. The van der Waals surface area contributed by atoms with Crippen molar-refractivity contribution in [3.05, 3.63) is 107 Å². The summed E-state index contributed by atoms with van der Waals surface area (Å²) in [5, 5.41) is 0. The van der Waals surface area contributed by atoms with Crippen LogP contribution in [0.15, 0.2) is 88.8 Å². The van der Waals surface area contributed by atoms with Gasteiger partial charge < -0.3 is 0 Å². The lowest BCUT2D eigenvalue weighted by molar-refractivity contribution is 1.08. The lowest BCUT2D eigenvalue weighted by atomic mass is 10.0. The normalized spacial score (nSPS) is 11.8. The summed E-state index contributed by atoms with van der Waals surface area (Å²) < 4.78 is 0. The van der Waals surface area contributed by atoms with Crippen molar-refractivity contribution in [2.75, 3.05) is 7.05 Å². The number of aliphatic imine (C=N–C) groups is 2. The highest BCUT2D eigenvalue weighted by molar-refractivity contribution is 6.12. The number of benzene rings is 3. The third-order valence-electron chi connectivity index (χ3n) is 4.06. The minimum Gasteiger partial charge on any atom is -0.288 e. The van der Waals surface area contributed by atoms with Crippen LogP contribution in [-0.4, -0.2) is 19.0 Å². The highest BCUT2D eigenvalue weighted by atomic mass is 14.7. The second-order valence-corrected chi connectivity index (χ2v) is 6.02. The fraction of sp³-hybridized carbons (Fsp3) is 0.130. The Bertz CT molecular complexity index is 875. The number of rotatable bonds is 5. The Labute approximate surface area is 149 Å². The SMILES string of the molecule is CN=C(c1ccccc1)c1cccc(CN=Cc2ccc(C)cc2)c1. The third kappa shape index (κ3) is 4.51. The van der Waals surface area contributed by atoms with Gasteiger partial charge in [0.25, 0.3) is 0 Å². The van der Waals surface area contributed by atoms with Gasteiger partial charge in [-0.3, -0.25) is 9.98 Å². The van der Waals surface area contributed by atoms with Crippen LogP contribution in [0.4, 0.5) is 0 Å². The van der Waals surface area contributed by atoms with E-state index in [9.17, 15) is 0 Å². The zero-order chi connectivity index (χ0) is 17.5. The first-order chi connectivity index (χ1) is 12.3. The predicted octanol–water partition coefficient (Wildman–Crippen LogP) is 5.08. The molecule has 0 heterocycles. The van der Waals surface area contributed by atoms with Crippen LogP contribution in [0.25, 0.3) is 0 Å². The van der Waals surface area contributed by atoms with Gasteiger partial charge in [0.2, 0.25) is 0 Å². The second kappa shape index (κ2) is 8.20. The number of nitrogens with zero attached hydrogens (tertiary/aromatic N) is 2. The van der Waals surface area contributed by atoms with Gasteiger partial charge in [0, 0.05) is 24.4 Å². The van der Waals surface area contributed by atoms with Crippen molar-refractivity contribution in [2.24, 2.45) is 9.98 Å². The lowest BCUT2D eigenvalue weighted by Gasteiger charge is -2.08. The molecule has 0 aromatic heterocycles. The first-order valence-corrected chi connectivity index (χ1v) is 8.44. The van der Waals surface area contributed by atoms with E-state index in [4.69, 9.17) is 0 Å². The zero-order valence-electron chi connectivity index (χ0n) is 14.7. The van der Waals surface area contributed by atoms with Crippen LogP contribution in [0.3, 0.4) is 0 Å². The molecule has 0 saturated carbocycles. The van der Waals surface area contributed by atoms with Gasteiger partial charge in [-0.25, -0.2) is 0 Å². The smallest absolute Gasteiger partial charge is 0.0715 e. The average molecular weight is 326 g/mol. The molecule has 2 nitrogen and oxygen atoms in total. The van der Waals surface area contributed by atoms with Crippen molar-refractivity contribution in [3.8, 4) is 0 Å². The molecule has 0 unspecified atom stereocenters. The van der Waals surface area contributed by atoms with Gasteiger partial charge in [-0.05, 0) is 24.1 Å². The van der Waals surface area contributed by atoms with E-state index < -0.39 is 0 Å². The van der Waals surface area contributed by atoms with Crippen LogP contribution in [0.5, 0.6) is 0 Å². The predicted molar refractivity (Wildman–Crippen MR) is 107 cm³/mol. The lowest BCUT2D eigenvalue weighted by Crippen LogP contribution is -2.03. The number of hydrogen-bond acceptors (Lipinski definition) is 2. The largest absolute Gasteiger partial charge is 0.288 e. The minimum absolute atomic E-state index is 0.660. The molecule has 0 atom stereocenters. The Kier molecular flexibility index (Phi) is 5.53. The van der Waals surface area contributed by atoms with E-state index in [0.29, 0.717) is 6.54 Å². The van der Waals surface area contributed by atoms with Crippen LogP contribution < -0.4 is 0 Å². The molecule has 0 N–H and O–H groups in total. The van der Waals surface area contributed by atoms with Crippen LogP contribution in [0.1, 0.15) is 27.8 Å². The Morgan fingerprint density at radius 2 is 1.56 bits per heavy atom.